The van der Waals surface area contributed by atoms with E-state index in [0.717, 1.165) is 0 Å². The highest BCUT2D eigenvalue weighted by Crippen LogP contribution is 2.27. The fraction of sp³-hybridized carbons (Fsp3) is 1.00. The van der Waals surface area contributed by atoms with E-state index in [1.54, 1.807) is 0 Å². The van der Waals surface area contributed by atoms with Crippen LogP contribution in [0, 0.1) is 0 Å². The van der Waals surface area contributed by atoms with E-state index in [1.807, 2.05) is 0 Å². The lowest BCUT2D eigenvalue weighted by atomic mass is 9.98. The number of ether oxygens (including phenoxy) is 7. The molecule has 0 radical (unpaired) electrons. The third-order valence-electron chi connectivity index (χ3n) is 6.42. The van der Waals surface area contributed by atoms with E-state index in [-0.39, 0.29) is 6.61 Å². The fourth-order valence-corrected chi connectivity index (χ4v) is 4.18. The van der Waals surface area contributed by atoms with Gasteiger partial charge in [-0.3, -0.25) is 0 Å². The molecular weight excluding hydrogens is 496 g/mol. The van der Waals surface area contributed by atoms with Crippen molar-refractivity contribution in [3.05, 3.63) is 0 Å². The quantitative estimate of drug-likeness (QED) is 0.134. The van der Waals surface area contributed by atoms with Crippen molar-refractivity contribution in [2.45, 2.75) is 92.1 Å². The molecule has 3 aliphatic heterocycles. The van der Waals surface area contributed by atoms with Crippen molar-refractivity contribution in [2.75, 3.05) is 34.0 Å². The predicted molar refractivity (Wildman–Crippen MR) is 111 cm³/mol. The van der Waals surface area contributed by atoms with Gasteiger partial charge in [0, 0.05) is 14.2 Å². The molecule has 0 bridgehead atoms. The van der Waals surface area contributed by atoms with Gasteiger partial charge in [0.1, 0.15) is 73.2 Å². The smallest absolute Gasteiger partial charge is 0.186 e. The van der Waals surface area contributed by atoms with Crippen LogP contribution in [0.2, 0.25) is 0 Å². The van der Waals surface area contributed by atoms with Crippen LogP contribution in [0.4, 0.5) is 0 Å². The number of aliphatic hydroxyl groups is 9. The van der Waals surface area contributed by atoms with Crippen LogP contribution in [-0.4, -0.2) is 172 Å². The lowest BCUT2D eigenvalue weighted by Gasteiger charge is -2.43. The van der Waals surface area contributed by atoms with Gasteiger partial charge in [0.15, 0.2) is 18.9 Å². The predicted octanol–water partition coefficient (Wildman–Crippen LogP) is -6.26. The monoisotopic (exact) mass is 532 g/mol. The maximum Gasteiger partial charge on any atom is 0.186 e. The Morgan fingerprint density at radius 2 is 0.778 bits per heavy atom. The van der Waals surface area contributed by atoms with Crippen LogP contribution in [0.15, 0.2) is 0 Å². The third-order valence-corrected chi connectivity index (χ3v) is 6.42. The summed E-state index contributed by atoms with van der Waals surface area (Å²) in [5.41, 5.74) is 0. The Kier molecular flexibility index (Phi) is 10.8. The molecule has 3 heterocycles. The molecule has 0 aliphatic carbocycles. The first-order chi connectivity index (χ1) is 17.0. The van der Waals surface area contributed by atoms with Gasteiger partial charge in [-0.05, 0) is 0 Å². The molecule has 3 aliphatic rings. The normalized spacial score (nSPS) is 50.2. The van der Waals surface area contributed by atoms with Crippen molar-refractivity contribution in [1.82, 2.24) is 0 Å². The van der Waals surface area contributed by atoms with Gasteiger partial charge in [-0.2, -0.15) is 0 Å². The number of methoxy groups -OCH3 is 2. The first-order valence-corrected chi connectivity index (χ1v) is 11.4. The summed E-state index contributed by atoms with van der Waals surface area (Å²) in [5, 5.41) is 91.0. The molecule has 15 atom stereocenters. The van der Waals surface area contributed by atoms with Crippen molar-refractivity contribution in [3.8, 4) is 0 Å². The van der Waals surface area contributed by atoms with Crippen LogP contribution >= 0.6 is 0 Å². The average Bonchev–Trinajstić information content (AvgIpc) is 2.87. The summed E-state index contributed by atoms with van der Waals surface area (Å²) < 4.78 is 36.9. The molecule has 0 amide bonds. The van der Waals surface area contributed by atoms with Crippen molar-refractivity contribution >= 4 is 0 Å². The molecule has 9 N–H and O–H groups in total. The minimum atomic E-state index is -1.75. The first-order valence-electron chi connectivity index (χ1n) is 11.4. The highest BCUT2D eigenvalue weighted by Gasteiger charge is 2.49. The van der Waals surface area contributed by atoms with Crippen LogP contribution in [0.5, 0.6) is 0 Å². The molecule has 3 saturated heterocycles. The molecule has 0 saturated carbocycles. The third kappa shape index (κ3) is 6.32. The van der Waals surface area contributed by atoms with Gasteiger partial charge in [-0.1, -0.05) is 0 Å². The van der Waals surface area contributed by atoms with E-state index in [2.05, 4.69) is 0 Å². The lowest BCUT2D eigenvalue weighted by Crippen LogP contribution is -2.62. The topological polar surface area (TPSA) is 247 Å². The van der Waals surface area contributed by atoms with Gasteiger partial charge in [0.25, 0.3) is 0 Å². The first kappa shape index (κ1) is 29.9. The summed E-state index contributed by atoms with van der Waals surface area (Å²) in [4.78, 5) is 0. The Balaban J connectivity index is 1.59. The average molecular weight is 532 g/mol. The Bertz CT molecular complexity index is 670. The zero-order valence-corrected chi connectivity index (χ0v) is 19.7. The second-order valence-electron chi connectivity index (χ2n) is 8.90. The highest BCUT2D eigenvalue weighted by molar-refractivity contribution is 4.93. The Hall–Kier alpha value is -0.640. The highest BCUT2D eigenvalue weighted by atomic mass is 16.7. The number of rotatable bonds is 9. The van der Waals surface area contributed by atoms with E-state index in [1.165, 1.54) is 14.2 Å². The lowest BCUT2D eigenvalue weighted by molar-refractivity contribution is -0.341. The van der Waals surface area contributed by atoms with Gasteiger partial charge >= 0.3 is 0 Å². The molecule has 212 valence electrons. The van der Waals surface area contributed by atoms with Gasteiger partial charge in [0.05, 0.1) is 19.8 Å². The van der Waals surface area contributed by atoms with Crippen LogP contribution in [0.25, 0.3) is 0 Å². The molecule has 16 heteroatoms. The van der Waals surface area contributed by atoms with E-state index in [0.29, 0.717) is 0 Å². The zero-order valence-electron chi connectivity index (χ0n) is 19.7. The zero-order chi connectivity index (χ0) is 26.7. The minimum absolute atomic E-state index is 0.112. The van der Waals surface area contributed by atoms with E-state index in [9.17, 15) is 46.0 Å². The van der Waals surface area contributed by atoms with Crippen LogP contribution < -0.4 is 0 Å². The molecule has 0 spiro atoms. The summed E-state index contributed by atoms with van der Waals surface area (Å²) >= 11 is 0. The number of aliphatic hydroxyl groups excluding tert-OH is 9. The summed E-state index contributed by atoms with van der Waals surface area (Å²) in [6.07, 6.45) is -22.4. The van der Waals surface area contributed by atoms with Gasteiger partial charge < -0.3 is 79.1 Å². The van der Waals surface area contributed by atoms with Crippen molar-refractivity contribution < 1.29 is 79.1 Å². The Morgan fingerprint density at radius 1 is 0.444 bits per heavy atom. The molecule has 16 nitrogen and oxygen atoms in total. The van der Waals surface area contributed by atoms with Gasteiger partial charge in [0.2, 0.25) is 0 Å². The SMILES string of the molecule is COCC1OC(OCC2OC(OCC3OC(OC)C(O)C(O)C3O)C(O)C(O)C2O)C(O)C(O)C1O. The van der Waals surface area contributed by atoms with Crippen molar-refractivity contribution in [2.24, 2.45) is 0 Å². The fourth-order valence-electron chi connectivity index (χ4n) is 4.18. The molecule has 0 aromatic rings. The van der Waals surface area contributed by atoms with Crippen LogP contribution in [-0.2, 0) is 33.2 Å². The van der Waals surface area contributed by atoms with Gasteiger partial charge in [-0.25, -0.2) is 0 Å². The van der Waals surface area contributed by atoms with E-state index in [4.69, 9.17) is 33.2 Å². The number of hydrogen-bond acceptors (Lipinski definition) is 16. The molecule has 36 heavy (non-hydrogen) atoms. The van der Waals surface area contributed by atoms with E-state index < -0.39 is 105 Å². The molecule has 15 unspecified atom stereocenters. The summed E-state index contributed by atoms with van der Waals surface area (Å²) in [6, 6.07) is 0. The second kappa shape index (κ2) is 12.9. The molecular formula is C20H36O16. The maximum atomic E-state index is 10.3. The summed E-state index contributed by atoms with van der Waals surface area (Å²) in [7, 11) is 2.56. The molecule has 3 rings (SSSR count). The summed E-state index contributed by atoms with van der Waals surface area (Å²) in [6.45, 7) is -1.09. The Morgan fingerprint density at radius 3 is 1.14 bits per heavy atom. The Labute approximate surface area is 206 Å². The molecule has 0 aromatic carbocycles. The standard InChI is InChI=1S/C20H36O16/c1-30-3-6-9(21)13(25)16(28)19(35-6)33-5-8-11(23)14(26)17(29)20(36-8)32-4-7-10(22)12(24)15(27)18(31-2)34-7/h6-29H,3-5H2,1-2H3. The summed E-state index contributed by atoms with van der Waals surface area (Å²) in [5.74, 6) is 0. The van der Waals surface area contributed by atoms with Gasteiger partial charge in [-0.15, -0.1) is 0 Å². The molecule has 0 aromatic heterocycles. The largest absolute Gasteiger partial charge is 0.387 e. The second-order valence-corrected chi connectivity index (χ2v) is 8.90. The maximum absolute atomic E-state index is 10.3. The number of hydrogen-bond donors (Lipinski definition) is 9. The minimum Gasteiger partial charge on any atom is -0.387 e. The van der Waals surface area contributed by atoms with Crippen LogP contribution in [0.3, 0.4) is 0 Å². The van der Waals surface area contributed by atoms with Crippen LogP contribution in [0.1, 0.15) is 0 Å². The van der Waals surface area contributed by atoms with E-state index >= 15 is 0 Å². The van der Waals surface area contributed by atoms with Crippen molar-refractivity contribution in [1.29, 1.82) is 0 Å². The molecule has 3 fully saturated rings. The van der Waals surface area contributed by atoms with Crippen molar-refractivity contribution in [3.63, 3.8) is 0 Å².